The topological polar surface area (TPSA) is 82.5 Å². The van der Waals surface area contributed by atoms with Crippen LogP contribution < -0.4 is 5.32 Å². The summed E-state index contributed by atoms with van der Waals surface area (Å²) in [6, 6.07) is 11.1. The Balaban J connectivity index is 1.63. The van der Waals surface area contributed by atoms with E-state index >= 15 is 0 Å². The van der Waals surface area contributed by atoms with Crippen LogP contribution >= 0.6 is 11.6 Å². The van der Waals surface area contributed by atoms with Gasteiger partial charge in [-0.3, -0.25) is 19.5 Å². The Morgan fingerprint density at radius 1 is 1.30 bits per heavy atom. The minimum absolute atomic E-state index is 0.0276. The summed E-state index contributed by atoms with van der Waals surface area (Å²) in [6.45, 7) is 2.65. The van der Waals surface area contributed by atoms with Crippen LogP contribution in [-0.4, -0.2) is 52.0 Å². The second-order valence-corrected chi connectivity index (χ2v) is 7.07. The minimum atomic E-state index is -0.831. The molecule has 7 heteroatoms. The van der Waals surface area contributed by atoms with Crippen molar-refractivity contribution in [2.45, 2.75) is 31.8 Å². The number of amides is 1. The van der Waals surface area contributed by atoms with E-state index in [0.29, 0.717) is 17.1 Å². The van der Waals surface area contributed by atoms with Crippen molar-refractivity contribution in [3.05, 3.63) is 53.2 Å². The second-order valence-electron chi connectivity index (χ2n) is 6.66. The van der Waals surface area contributed by atoms with Gasteiger partial charge in [0, 0.05) is 23.8 Å². The molecule has 142 valence electrons. The van der Waals surface area contributed by atoms with Crippen molar-refractivity contribution in [1.82, 2.24) is 15.2 Å². The first-order valence-electron chi connectivity index (χ1n) is 8.95. The molecule has 1 aliphatic rings. The van der Waals surface area contributed by atoms with Crippen molar-refractivity contribution in [2.24, 2.45) is 0 Å². The highest BCUT2D eigenvalue weighted by atomic mass is 35.5. The second kappa shape index (κ2) is 8.50. The van der Waals surface area contributed by atoms with Gasteiger partial charge in [0.05, 0.1) is 22.8 Å². The zero-order valence-electron chi connectivity index (χ0n) is 15.1. The smallest absolute Gasteiger partial charge is 0.317 e. The average Bonchev–Trinajstić information content (AvgIpc) is 2.63. The number of hydrogen-bond acceptors (Lipinski definition) is 4. The van der Waals surface area contributed by atoms with Gasteiger partial charge < -0.3 is 10.4 Å². The molecule has 1 fully saturated rings. The van der Waals surface area contributed by atoms with E-state index in [1.54, 1.807) is 18.3 Å². The average molecular weight is 388 g/mol. The molecule has 0 bridgehead atoms. The van der Waals surface area contributed by atoms with Gasteiger partial charge in [-0.05, 0) is 43.7 Å². The molecule has 1 aromatic carbocycles. The molecule has 1 aromatic heterocycles. The van der Waals surface area contributed by atoms with Gasteiger partial charge in [0.25, 0.3) is 5.91 Å². The molecule has 0 spiro atoms. The molecule has 0 radical (unpaired) electrons. The lowest BCUT2D eigenvalue weighted by Gasteiger charge is -2.42. The van der Waals surface area contributed by atoms with E-state index in [0.717, 1.165) is 24.1 Å². The van der Waals surface area contributed by atoms with Crippen LogP contribution in [-0.2, 0) is 4.79 Å². The summed E-state index contributed by atoms with van der Waals surface area (Å²) in [7, 11) is 0. The number of hydrogen-bond donors (Lipinski definition) is 2. The van der Waals surface area contributed by atoms with Crippen LogP contribution in [0, 0.1) is 0 Å². The van der Waals surface area contributed by atoms with Crippen molar-refractivity contribution in [2.75, 3.05) is 13.1 Å². The fourth-order valence-corrected chi connectivity index (χ4v) is 3.54. The largest absolute Gasteiger partial charge is 0.480 e. The molecule has 0 unspecified atom stereocenters. The lowest BCUT2D eigenvalue weighted by atomic mass is 9.85. The van der Waals surface area contributed by atoms with Gasteiger partial charge in [-0.15, -0.1) is 0 Å². The van der Waals surface area contributed by atoms with Gasteiger partial charge in [-0.2, -0.15) is 0 Å². The first-order valence-corrected chi connectivity index (χ1v) is 9.33. The highest BCUT2D eigenvalue weighted by Gasteiger charge is 2.35. The van der Waals surface area contributed by atoms with Gasteiger partial charge in [0.2, 0.25) is 0 Å². The van der Waals surface area contributed by atoms with Crippen molar-refractivity contribution in [1.29, 1.82) is 0 Å². The van der Waals surface area contributed by atoms with Crippen molar-refractivity contribution in [3.8, 4) is 11.3 Å². The zero-order chi connectivity index (χ0) is 19.4. The normalized spacial score (nSPS) is 18.8. The van der Waals surface area contributed by atoms with Gasteiger partial charge in [-0.25, -0.2) is 0 Å². The third-order valence-electron chi connectivity index (χ3n) is 4.88. The fourth-order valence-electron chi connectivity index (χ4n) is 3.33. The SMILES string of the molecule is CCN(CC(=O)O)C1CC(NC(=O)c2cc(-c3ccccn3)ccc2Cl)C1. The monoisotopic (exact) mass is 387 g/mol. The molecular weight excluding hydrogens is 366 g/mol. The molecule has 1 heterocycles. The van der Waals surface area contributed by atoms with E-state index in [4.69, 9.17) is 16.7 Å². The number of rotatable bonds is 7. The quantitative estimate of drug-likeness (QED) is 0.762. The summed E-state index contributed by atoms with van der Waals surface area (Å²) in [6.07, 6.45) is 3.18. The van der Waals surface area contributed by atoms with E-state index < -0.39 is 5.97 Å². The molecule has 1 amide bonds. The number of nitrogens with zero attached hydrogens (tertiary/aromatic N) is 2. The highest BCUT2D eigenvalue weighted by Crippen LogP contribution is 2.28. The summed E-state index contributed by atoms with van der Waals surface area (Å²) in [5, 5.41) is 12.4. The number of carbonyl (C=O) groups excluding carboxylic acids is 1. The summed E-state index contributed by atoms with van der Waals surface area (Å²) in [5.74, 6) is -1.05. The summed E-state index contributed by atoms with van der Waals surface area (Å²) >= 11 is 6.23. The van der Waals surface area contributed by atoms with E-state index in [-0.39, 0.29) is 24.5 Å². The number of nitrogens with one attached hydrogen (secondary N) is 1. The Morgan fingerprint density at radius 2 is 2.07 bits per heavy atom. The van der Waals surface area contributed by atoms with Gasteiger partial charge >= 0.3 is 5.97 Å². The maximum atomic E-state index is 12.7. The molecular formula is C20H22ClN3O3. The number of pyridine rings is 1. The fraction of sp³-hybridized carbons (Fsp3) is 0.350. The van der Waals surface area contributed by atoms with Crippen LogP contribution in [0.2, 0.25) is 5.02 Å². The van der Waals surface area contributed by atoms with E-state index in [1.165, 1.54) is 0 Å². The maximum Gasteiger partial charge on any atom is 0.317 e. The van der Waals surface area contributed by atoms with E-state index in [9.17, 15) is 9.59 Å². The van der Waals surface area contributed by atoms with Crippen LogP contribution in [0.15, 0.2) is 42.6 Å². The lowest BCUT2D eigenvalue weighted by Crippen LogP contribution is -2.54. The number of carboxylic acids is 1. The van der Waals surface area contributed by atoms with E-state index in [1.807, 2.05) is 36.1 Å². The third-order valence-corrected chi connectivity index (χ3v) is 5.21. The Hall–Kier alpha value is -2.44. The Bertz CT molecular complexity index is 822. The van der Waals surface area contributed by atoms with Gasteiger partial charge in [-0.1, -0.05) is 30.7 Å². The molecule has 3 rings (SSSR count). The highest BCUT2D eigenvalue weighted by molar-refractivity contribution is 6.34. The van der Waals surface area contributed by atoms with E-state index in [2.05, 4.69) is 10.3 Å². The number of aliphatic carboxylic acids is 1. The molecule has 0 atom stereocenters. The van der Waals surface area contributed by atoms with Gasteiger partial charge in [0.1, 0.15) is 0 Å². The molecule has 0 aliphatic heterocycles. The first kappa shape index (κ1) is 19.3. The number of halogens is 1. The standard InChI is InChI=1S/C20H22ClN3O3/c1-2-24(12-19(25)26)15-10-14(11-15)23-20(27)16-9-13(6-7-17(16)21)18-5-3-4-8-22-18/h3-9,14-15H,2,10-12H2,1H3,(H,23,27)(H,25,26). The Kier molecular flexibility index (Phi) is 6.08. The van der Waals surface area contributed by atoms with Crippen LogP contribution in [0.5, 0.6) is 0 Å². The number of likely N-dealkylation sites (N-methyl/N-ethyl adjacent to an activating group) is 1. The van der Waals surface area contributed by atoms with Crippen LogP contribution in [0.4, 0.5) is 0 Å². The van der Waals surface area contributed by atoms with Crippen LogP contribution in [0.1, 0.15) is 30.1 Å². The van der Waals surface area contributed by atoms with Crippen molar-refractivity contribution >= 4 is 23.5 Å². The number of carboxylic acid groups (broad SMARTS) is 1. The minimum Gasteiger partial charge on any atom is -0.480 e. The molecule has 1 saturated carbocycles. The first-order chi connectivity index (χ1) is 13.0. The lowest BCUT2D eigenvalue weighted by molar-refractivity contribution is -0.139. The van der Waals surface area contributed by atoms with Gasteiger partial charge in [0.15, 0.2) is 0 Å². The zero-order valence-corrected chi connectivity index (χ0v) is 15.8. The molecule has 27 heavy (non-hydrogen) atoms. The maximum absolute atomic E-state index is 12.7. The number of carbonyl (C=O) groups is 2. The molecule has 2 aromatic rings. The van der Waals surface area contributed by atoms with Crippen molar-refractivity contribution < 1.29 is 14.7 Å². The predicted molar refractivity (Wildman–Crippen MR) is 104 cm³/mol. The predicted octanol–water partition coefficient (Wildman–Crippen LogP) is 3.07. The van der Waals surface area contributed by atoms with Crippen molar-refractivity contribution in [3.63, 3.8) is 0 Å². The summed E-state index contributed by atoms with van der Waals surface area (Å²) in [5.41, 5.74) is 2.02. The Labute approximate surface area is 163 Å². The Morgan fingerprint density at radius 3 is 2.70 bits per heavy atom. The number of aromatic nitrogens is 1. The molecule has 1 aliphatic carbocycles. The molecule has 0 saturated heterocycles. The molecule has 6 nitrogen and oxygen atoms in total. The summed E-state index contributed by atoms with van der Waals surface area (Å²) < 4.78 is 0. The van der Waals surface area contributed by atoms with Crippen LogP contribution in [0.3, 0.4) is 0 Å². The third kappa shape index (κ3) is 4.64. The number of benzene rings is 1. The molecule has 2 N–H and O–H groups in total. The van der Waals surface area contributed by atoms with Crippen LogP contribution in [0.25, 0.3) is 11.3 Å². The summed E-state index contributed by atoms with van der Waals surface area (Å²) in [4.78, 5) is 29.8.